The summed E-state index contributed by atoms with van der Waals surface area (Å²) in [5, 5.41) is 19.8. The molecule has 1 fully saturated rings. The molecule has 3 N–H and O–H groups in total. The van der Waals surface area contributed by atoms with Crippen LogP contribution >= 0.6 is 11.6 Å². The summed E-state index contributed by atoms with van der Waals surface area (Å²) in [4.78, 5) is 21.5. The lowest BCUT2D eigenvalue weighted by molar-refractivity contribution is -0.134. The molecule has 1 saturated heterocycles. The molecule has 0 amide bonds. The topological polar surface area (TPSA) is 89.9 Å². The van der Waals surface area contributed by atoms with Crippen molar-refractivity contribution in [2.24, 2.45) is 0 Å². The minimum Gasteiger partial charge on any atom is -0.478 e. The molecule has 2 atom stereocenters. The Labute approximate surface area is 200 Å². The van der Waals surface area contributed by atoms with Gasteiger partial charge in [0.25, 0.3) is 0 Å². The lowest BCUT2D eigenvalue weighted by Gasteiger charge is -2.42. The Morgan fingerprint density at radius 2 is 1.81 bits per heavy atom. The molecule has 0 radical (unpaired) electrons. The van der Waals surface area contributed by atoms with Crippen LogP contribution in [0.4, 0.5) is 0 Å². The van der Waals surface area contributed by atoms with E-state index in [9.17, 15) is 9.59 Å². The van der Waals surface area contributed by atoms with E-state index < -0.39 is 11.9 Å². The van der Waals surface area contributed by atoms with Crippen molar-refractivity contribution in [3.05, 3.63) is 82.3 Å². The van der Waals surface area contributed by atoms with E-state index in [0.29, 0.717) is 29.2 Å². The fraction of sp³-hybridized carbons (Fsp3) is 0.360. The monoisotopic (exact) mass is 461 g/mol. The molecule has 0 saturated carbocycles. The Morgan fingerprint density at radius 3 is 2.41 bits per heavy atom. The summed E-state index contributed by atoms with van der Waals surface area (Å²) in [7, 11) is 0. The first-order chi connectivity index (χ1) is 17.2. The molecule has 0 unspecified atom stereocenters. The normalized spacial score (nSPS) is 24.3. The van der Waals surface area contributed by atoms with Crippen molar-refractivity contribution in [2.75, 3.05) is 19.6 Å². The quantitative estimate of drug-likeness (QED) is 0.588. The molecule has 6 nitrogen and oxygen atoms in total. The predicted octanol–water partition coefficient (Wildman–Crippen LogP) is 4.31. The highest BCUT2D eigenvalue weighted by molar-refractivity contribution is 6.30. The first kappa shape index (κ1) is 17.8. The molecule has 32 heavy (non-hydrogen) atoms. The van der Waals surface area contributed by atoms with E-state index in [1.54, 1.807) is 0 Å². The van der Waals surface area contributed by atoms with Gasteiger partial charge in [0.2, 0.25) is 0 Å². The number of carboxylic acids is 2. The second kappa shape index (κ2) is 10.3. The van der Waals surface area contributed by atoms with Gasteiger partial charge < -0.3 is 15.5 Å². The molecule has 0 aromatic heterocycles. The van der Waals surface area contributed by atoms with E-state index >= 15 is 0 Å². The largest absolute Gasteiger partial charge is 0.478 e. The van der Waals surface area contributed by atoms with Gasteiger partial charge in [-0.1, -0.05) is 47.9 Å². The van der Waals surface area contributed by atoms with Gasteiger partial charge >= 0.3 is 11.9 Å². The number of nitrogens with one attached hydrogen (secondary N) is 1. The van der Waals surface area contributed by atoms with Crippen LogP contribution in [0.15, 0.2) is 60.6 Å². The van der Waals surface area contributed by atoms with Crippen molar-refractivity contribution in [1.82, 2.24) is 10.2 Å². The number of nitrogens with zero attached hydrogens (tertiary/aromatic N) is 1. The van der Waals surface area contributed by atoms with Crippen LogP contribution in [0, 0.1) is 0 Å². The fourth-order valence-electron chi connectivity index (χ4n) is 4.27. The molecule has 2 aliphatic rings. The molecular formula is C25H29ClN2O4. The van der Waals surface area contributed by atoms with Gasteiger partial charge in [-0.2, -0.15) is 0 Å². The number of fused-ring (bicyclic) bond motifs is 1. The van der Waals surface area contributed by atoms with Gasteiger partial charge in [0.1, 0.15) is 0 Å². The van der Waals surface area contributed by atoms with Crippen LogP contribution in [-0.4, -0.2) is 52.2 Å². The van der Waals surface area contributed by atoms with E-state index in [1.807, 2.05) is 18.2 Å². The third kappa shape index (κ3) is 6.19. The van der Waals surface area contributed by atoms with Gasteiger partial charge in [-0.05, 0) is 49.1 Å². The molecule has 0 spiro atoms. The minimum absolute atomic E-state index is 0.00813. The zero-order chi connectivity index (χ0) is 27.7. The van der Waals surface area contributed by atoms with Gasteiger partial charge in [0, 0.05) is 54.3 Å². The van der Waals surface area contributed by atoms with Crippen LogP contribution in [0.5, 0.6) is 0 Å². The average molecular weight is 462 g/mol. The van der Waals surface area contributed by atoms with Crippen LogP contribution in [0.1, 0.15) is 55.8 Å². The average Bonchev–Trinajstić information content (AvgIpc) is 3.18. The number of hydrogen-bond donors (Lipinski definition) is 3. The first-order valence-electron chi connectivity index (χ1n) is 12.7. The lowest BCUT2D eigenvalue weighted by Crippen LogP contribution is -2.57. The van der Waals surface area contributed by atoms with Crippen molar-refractivity contribution in [2.45, 2.75) is 37.8 Å². The first-order valence-corrected chi connectivity index (χ1v) is 10.6. The summed E-state index contributed by atoms with van der Waals surface area (Å²) in [6.45, 7) is 7.02. The maximum atomic E-state index is 9.55. The molecular weight excluding hydrogens is 428 g/mol. The van der Waals surface area contributed by atoms with Gasteiger partial charge in [-0.3, -0.25) is 4.90 Å². The lowest BCUT2D eigenvalue weighted by atomic mass is 9.93. The molecule has 1 heterocycles. The van der Waals surface area contributed by atoms with Gasteiger partial charge in [0.15, 0.2) is 0 Å². The van der Waals surface area contributed by atoms with Crippen molar-refractivity contribution in [3.8, 4) is 0 Å². The molecule has 2 aromatic rings. The summed E-state index contributed by atoms with van der Waals surface area (Å²) in [5.74, 6) is -2.76. The molecule has 7 heteroatoms. The maximum absolute atomic E-state index is 9.55. The second-order valence-electron chi connectivity index (χ2n) is 8.41. The number of piperazine rings is 1. The minimum atomic E-state index is -1.26. The van der Waals surface area contributed by atoms with E-state index in [-0.39, 0.29) is 47.7 Å². The third-order valence-corrected chi connectivity index (χ3v) is 5.76. The Kier molecular flexibility index (Phi) is 5.74. The Bertz CT molecular complexity index is 1210. The van der Waals surface area contributed by atoms with Crippen LogP contribution < -0.4 is 5.32 Å². The Morgan fingerprint density at radius 1 is 1.16 bits per heavy atom. The summed E-state index contributed by atoms with van der Waals surface area (Å²) in [6, 6.07) is 4.75. The predicted molar refractivity (Wildman–Crippen MR) is 125 cm³/mol. The van der Waals surface area contributed by atoms with Crippen molar-refractivity contribution in [3.63, 3.8) is 0 Å². The smallest absolute Gasteiger partial charge is 0.328 e. The maximum Gasteiger partial charge on any atom is 0.328 e. The van der Waals surface area contributed by atoms with Gasteiger partial charge in [-0.15, -0.1) is 0 Å². The second-order valence-corrected chi connectivity index (χ2v) is 8.84. The summed E-state index contributed by atoms with van der Waals surface area (Å²) >= 11 is 6.32. The van der Waals surface area contributed by atoms with Crippen molar-refractivity contribution >= 4 is 23.5 Å². The van der Waals surface area contributed by atoms with E-state index in [1.165, 1.54) is 0 Å². The van der Waals surface area contributed by atoms with Gasteiger partial charge in [-0.25, -0.2) is 9.59 Å². The van der Waals surface area contributed by atoms with Crippen LogP contribution in [0.25, 0.3) is 0 Å². The zero-order valence-electron chi connectivity index (χ0n) is 22.9. The summed E-state index contributed by atoms with van der Waals surface area (Å²) < 4.78 is 40.9. The number of aliphatic carboxylic acids is 2. The molecule has 1 aliphatic heterocycles. The Hall–Kier alpha value is -2.67. The number of benzene rings is 2. The number of carboxylic acid groups (broad SMARTS) is 2. The number of hydrogen-bond acceptors (Lipinski definition) is 4. The SMILES string of the molecule is O=C(O)/C=C\C(=O)O.[2H]c1c([2H])c([2H])c([C@H]2C[C@H](N3CCNC(C)(C)C3)c3cc(Cl)ccc32)c([2H])c1[2H]. The number of carbonyl (C=O) groups is 2. The highest BCUT2D eigenvalue weighted by atomic mass is 35.5. The van der Waals surface area contributed by atoms with Crippen LogP contribution in [0.3, 0.4) is 0 Å². The molecule has 4 rings (SSSR count). The summed E-state index contributed by atoms with van der Waals surface area (Å²) in [5.41, 5.74) is 2.49. The third-order valence-electron chi connectivity index (χ3n) is 5.52. The van der Waals surface area contributed by atoms with Crippen LogP contribution in [0.2, 0.25) is 5.02 Å². The molecule has 0 bridgehead atoms. The highest BCUT2D eigenvalue weighted by Crippen LogP contribution is 2.47. The van der Waals surface area contributed by atoms with Crippen molar-refractivity contribution < 1.29 is 26.7 Å². The standard InChI is InChI=1S/C21H25ClN2.C4H4O4/c1-21(2)14-24(11-10-23-21)20-13-18(15-6-4-3-5-7-15)17-9-8-16(22)12-19(17)20;5-3(6)1-2-4(7)8/h3-9,12,18,20,23H,10-11,13-14H2,1-2H3;1-2H,(H,5,6)(H,7,8)/b;2-1-/t18-,20+;/m1./s1/i3D,4D,5D,6D,7D;. The van der Waals surface area contributed by atoms with Crippen molar-refractivity contribution in [1.29, 1.82) is 0 Å². The van der Waals surface area contributed by atoms with E-state index in [4.69, 9.17) is 28.7 Å². The van der Waals surface area contributed by atoms with E-state index in [2.05, 4.69) is 24.1 Å². The summed E-state index contributed by atoms with van der Waals surface area (Å²) in [6.07, 6.45) is 1.80. The highest BCUT2D eigenvalue weighted by Gasteiger charge is 2.38. The van der Waals surface area contributed by atoms with Gasteiger partial charge in [0.05, 0.1) is 6.85 Å². The Balaban J connectivity index is 0.000000414. The van der Waals surface area contributed by atoms with E-state index in [0.717, 1.165) is 30.8 Å². The number of halogens is 1. The molecule has 1 aliphatic carbocycles. The van der Waals surface area contributed by atoms with Crippen LogP contribution in [-0.2, 0) is 9.59 Å². The number of rotatable bonds is 4. The zero-order valence-corrected chi connectivity index (χ0v) is 18.7. The fourth-order valence-corrected chi connectivity index (χ4v) is 4.45. The molecule has 2 aromatic carbocycles. The molecule has 170 valence electrons.